The SMILES string of the molecule is CCN1C(=O)C(=NNC(=S)Nc2ccccc2S(N)(=O)=O)c2cccc(C(F)(F)F)c21. The molecule has 0 unspecified atom stereocenters. The normalized spacial score (nSPS) is 15.2. The molecule has 1 heterocycles. The second-order valence-electron chi connectivity index (χ2n) is 6.32. The van der Waals surface area contributed by atoms with E-state index in [4.69, 9.17) is 17.4 Å². The Kier molecular flexibility index (Phi) is 6.02. The number of nitrogens with two attached hydrogens (primary N) is 1. The van der Waals surface area contributed by atoms with Crippen molar-refractivity contribution in [1.29, 1.82) is 0 Å². The van der Waals surface area contributed by atoms with Gasteiger partial charge in [-0.3, -0.25) is 10.2 Å². The molecule has 1 aliphatic heterocycles. The quantitative estimate of drug-likeness (QED) is 0.466. The lowest BCUT2D eigenvalue weighted by atomic mass is 10.1. The first kappa shape index (κ1) is 22.7. The van der Waals surface area contributed by atoms with Gasteiger partial charge >= 0.3 is 6.18 Å². The Hall–Kier alpha value is -3.03. The van der Waals surface area contributed by atoms with E-state index in [-0.39, 0.29) is 39.2 Å². The predicted molar refractivity (Wildman–Crippen MR) is 113 cm³/mol. The van der Waals surface area contributed by atoms with Gasteiger partial charge < -0.3 is 10.2 Å². The van der Waals surface area contributed by atoms with Crippen LogP contribution in [0.15, 0.2) is 52.5 Å². The summed E-state index contributed by atoms with van der Waals surface area (Å²) in [6, 6.07) is 9.11. The zero-order valence-electron chi connectivity index (χ0n) is 15.9. The Bertz CT molecular complexity index is 1200. The number of hydrazone groups is 1. The first-order valence-electron chi connectivity index (χ1n) is 8.74. The van der Waals surface area contributed by atoms with Gasteiger partial charge in [-0.15, -0.1) is 0 Å². The number of carbonyl (C=O) groups excluding carboxylic acids is 1. The fourth-order valence-corrected chi connectivity index (χ4v) is 3.93. The number of likely N-dealkylation sites (N-methyl/N-ethyl adjacent to an activating group) is 1. The number of anilines is 2. The van der Waals surface area contributed by atoms with Crippen molar-refractivity contribution in [2.45, 2.75) is 18.0 Å². The average Bonchev–Trinajstić information content (AvgIpc) is 2.95. The van der Waals surface area contributed by atoms with Gasteiger partial charge in [0, 0.05) is 12.1 Å². The minimum Gasteiger partial charge on any atom is -0.330 e. The standard InChI is InChI=1S/C18H16F3N5O3S2/c1-2-26-15-10(6-5-7-11(15)18(19,20)21)14(16(26)27)24-25-17(30)23-12-8-3-4-9-13(12)31(22,28)29/h3-9H,2H2,1H3,(H2,22,28,29)(H2,23,25,30). The van der Waals surface area contributed by atoms with E-state index in [1.807, 2.05) is 0 Å². The second-order valence-corrected chi connectivity index (χ2v) is 8.25. The monoisotopic (exact) mass is 471 g/mol. The van der Waals surface area contributed by atoms with Crippen LogP contribution in [-0.4, -0.2) is 31.7 Å². The summed E-state index contributed by atoms with van der Waals surface area (Å²) in [5, 5.41) is 11.4. The van der Waals surface area contributed by atoms with Crippen molar-refractivity contribution >= 4 is 50.3 Å². The Morgan fingerprint density at radius 2 is 1.87 bits per heavy atom. The molecular formula is C18H16F3N5O3S2. The number of rotatable bonds is 4. The molecule has 0 spiro atoms. The van der Waals surface area contributed by atoms with Crippen molar-refractivity contribution in [1.82, 2.24) is 5.43 Å². The number of amides is 1. The van der Waals surface area contributed by atoms with Crippen LogP contribution in [-0.2, 0) is 21.0 Å². The molecule has 164 valence electrons. The molecule has 2 aromatic rings. The zero-order chi connectivity index (χ0) is 23.0. The van der Waals surface area contributed by atoms with Gasteiger partial charge in [-0.1, -0.05) is 24.3 Å². The molecule has 0 bridgehead atoms. The van der Waals surface area contributed by atoms with E-state index in [0.717, 1.165) is 11.0 Å². The molecule has 13 heteroatoms. The van der Waals surface area contributed by atoms with Crippen molar-refractivity contribution in [3.63, 3.8) is 0 Å². The number of hydrogen-bond acceptors (Lipinski definition) is 5. The molecule has 0 saturated heterocycles. The molecule has 1 aliphatic rings. The molecule has 0 radical (unpaired) electrons. The third-order valence-corrected chi connectivity index (χ3v) is 5.50. The van der Waals surface area contributed by atoms with Gasteiger partial charge in [-0.2, -0.15) is 18.3 Å². The Morgan fingerprint density at radius 1 is 1.19 bits per heavy atom. The predicted octanol–water partition coefficient (Wildman–Crippen LogP) is 2.41. The molecule has 0 aliphatic carbocycles. The lowest BCUT2D eigenvalue weighted by Gasteiger charge is -2.19. The van der Waals surface area contributed by atoms with Crippen molar-refractivity contribution in [2.75, 3.05) is 16.8 Å². The lowest BCUT2D eigenvalue weighted by molar-refractivity contribution is -0.137. The summed E-state index contributed by atoms with van der Waals surface area (Å²) < 4.78 is 63.6. The molecule has 0 aromatic heterocycles. The van der Waals surface area contributed by atoms with Gasteiger partial charge in [-0.25, -0.2) is 13.6 Å². The number of nitrogens with zero attached hydrogens (tertiary/aromatic N) is 2. The highest BCUT2D eigenvalue weighted by molar-refractivity contribution is 7.89. The Balaban J connectivity index is 1.91. The van der Waals surface area contributed by atoms with E-state index in [9.17, 15) is 26.4 Å². The molecule has 2 aromatic carbocycles. The van der Waals surface area contributed by atoms with Crippen molar-refractivity contribution in [3.05, 3.63) is 53.6 Å². The molecule has 31 heavy (non-hydrogen) atoms. The van der Waals surface area contributed by atoms with Crippen LogP contribution in [0.5, 0.6) is 0 Å². The van der Waals surface area contributed by atoms with Crippen LogP contribution in [0.2, 0.25) is 0 Å². The highest BCUT2D eigenvalue weighted by Gasteiger charge is 2.42. The lowest BCUT2D eigenvalue weighted by Crippen LogP contribution is -2.33. The number of carbonyl (C=O) groups is 1. The number of para-hydroxylation sites is 2. The second kappa shape index (κ2) is 8.24. The maximum absolute atomic E-state index is 13.4. The highest BCUT2D eigenvalue weighted by atomic mass is 32.2. The number of hydrogen-bond donors (Lipinski definition) is 3. The average molecular weight is 471 g/mol. The Labute approximate surface area is 181 Å². The van der Waals surface area contributed by atoms with E-state index >= 15 is 0 Å². The minimum atomic E-state index is -4.66. The van der Waals surface area contributed by atoms with Gasteiger partial charge in [0.1, 0.15) is 4.90 Å². The van der Waals surface area contributed by atoms with Crippen molar-refractivity contribution < 1.29 is 26.4 Å². The van der Waals surface area contributed by atoms with Crippen LogP contribution in [0.3, 0.4) is 0 Å². The third kappa shape index (κ3) is 4.52. The summed E-state index contributed by atoms with van der Waals surface area (Å²) in [5.41, 5.74) is 0.952. The molecular weight excluding hydrogens is 455 g/mol. The fraction of sp³-hybridized carbons (Fsp3) is 0.167. The van der Waals surface area contributed by atoms with Gasteiger partial charge in [0.2, 0.25) is 10.0 Å². The van der Waals surface area contributed by atoms with Crippen LogP contribution < -0.4 is 20.8 Å². The van der Waals surface area contributed by atoms with E-state index in [0.29, 0.717) is 0 Å². The first-order chi connectivity index (χ1) is 14.4. The number of primary sulfonamides is 1. The molecule has 4 N–H and O–H groups in total. The molecule has 0 saturated carbocycles. The van der Waals surface area contributed by atoms with Crippen LogP contribution in [0.1, 0.15) is 18.1 Å². The molecule has 1 amide bonds. The van der Waals surface area contributed by atoms with Crippen molar-refractivity contribution in [3.8, 4) is 0 Å². The number of benzene rings is 2. The van der Waals surface area contributed by atoms with Crippen LogP contribution in [0, 0.1) is 0 Å². The van der Waals surface area contributed by atoms with E-state index in [1.54, 1.807) is 13.0 Å². The number of nitrogens with one attached hydrogen (secondary N) is 2. The summed E-state index contributed by atoms with van der Waals surface area (Å²) in [5.74, 6) is -0.727. The smallest absolute Gasteiger partial charge is 0.330 e. The van der Waals surface area contributed by atoms with Gasteiger partial charge in [0.25, 0.3) is 5.91 Å². The summed E-state index contributed by atoms with van der Waals surface area (Å²) in [4.78, 5) is 13.4. The van der Waals surface area contributed by atoms with E-state index in [2.05, 4.69) is 15.8 Å². The summed E-state index contributed by atoms with van der Waals surface area (Å²) >= 11 is 5.06. The van der Waals surface area contributed by atoms with Crippen LogP contribution in [0.25, 0.3) is 0 Å². The Morgan fingerprint density at radius 3 is 2.48 bits per heavy atom. The number of halogens is 3. The van der Waals surface area contributed by atoms with Gasteiger partial charge in [0.05, 0.1) is 16.9 Å². The van der Waals surface area contributed by atoms with Crippen molar-refractivity contribution in [2.24, 2.45) is 10.2 Å². The molecule has 0 atom stereocenters. The topological polar surface area (TPSA) is 117 Å². The molecule has 8 nitrogen and oxygen atoms in total. The van der Waals surface area contributed by atoms with E-state index in [1.165, 1.54) is 30.3 Å². The number of thiocarbonyl (C=S) groups is 1. The fourth-order valence-electron chi connectivity index (χ4n) is 3.08. The number of sulfonamides is 1. The largest absolute Gasteiger partial charge is 0.418 e. The highest BCUT2D eigenvalue weighted by Crippen LogP contribution is 2.41. The van der Waals surface area contributed by atoms with Gasteiger partial charge in [-0.05, 0) is 37.3 Å². The van der Waals surface area contributed by atoms with Gasteiger partial charge in [0.15, 0.2) is 10.8 Å². The maximum atomic E-state index is 13.4. The number of alkyl halides is 3. The summed E-state index contributed by atoms with van der Waals surface area (Å²) in [6.45, 7) is 1.55. The maximum Gasteiger partial charge on any atom is 0.418 e. The van der Waals surface area contributed by atoms with Crippen LogP contribution in [0.4, 0.5) is 24.5 Å². The molecule has 0 fully saturated rings. The number of fused-ring (bicyclic) bond motifs is 1. The summed E-state index contributed by atoms with van der Waals surface area (Å²) in [7, 11) is -4.04. The molecule has 3 rings (SSSR count). The zero-order valence-corrected chi connectivity index (χ0v) is 17.5. The van der Waals surface area contributed by atoms with Crippen LogP contribution >= 0.6 is 12.2 Å². The minimum absolute atomic E-state index is 0.00177. The first-order valence-corrected chi connectivity index (χ1v) is 10.7. The summed E-state index contributed by atoms with van der Waals surface area (Å²) in [6.07, 6.45) is -4.66. The third-order valence-electron chi connectivity index (χ3n) is 4.34. The van der Waals surface area contributed by atoms with E-state index < -0.39 is 27.7 Å².